The van der Waals surface area contributed by atoms with Gasteiger partial charge in [0.1, 0.15) is 11.8 Å². The number of halogens is 3. The summed E-state index contributed by atoms with van der Waals surface area (Å²) in [6, 6.07) is 7.11. The van der Waals surface area contributed by atoms with Crippen molar-refractivity contribution in [3.8, 4) is 6.07 Å². The number of hydrogen-bond acceptors (Lipinski definition) is 2. The molecule has 0 radical (unpaired) electrons. The molecule has 0 atom stereocenters. The topological polar surface area (TPSA) is 36.7 Å². The van der Waals surface area contributed by atoms with Crippen molar-refractivity contribution < 1.29 is 13.2 Å². The third-order valence-corrected chi connectivity index (χ3v) is 2.47. The summed E-state index contributed by atoms with van der Waals surface area (Å²) < 4.78 is 38.3. The normalized spacial score (nSPS) is 11.5. The van der Waals surface area contributed by atoms with E-state index in [0.29, 0.717) is 10.9 Å². The van der Waals surface area contributed by atoms with Crippen molar-refractivity contribution in [2.45, 2.75) is 13.1 Å². The number of benzene rings is 1. The third kappa shape index (κ3) is 1.94. The minimum Gasteiger partial charge on any atom is -0.236 e. The predicted molar refractivity (Wildman–Crippen MR) is 56.2 cm³/mol. The largest absolute Gasteiger partial charge is 0.418 e. The van der Waals surface area contributed by atoms with E-state index in [1.54, 1.807) is 19.1 Å². The summed E-state index contributed by atoms with van der Waals surface area (Å²) in [6.07, 6.45) is -4.47. The van der Waals surface area contributed by atoms with Crippen molar-refractivity contribution in [3.63, 3.8) is 0 Å². The van der Waals surface area contributed by atoms with E-state index < -0.39 is 11.7 Å². The van der Waals surface area contributed by atoms with Gasteiger partial charge in [-0.2, -0.15) is 18.4 Å². The first-order chi connectivity index (χ1) is 7.93. The molecule has 0 fully saturated rings. The average Bonchev–Trinajstić information content (AvgIpc) is 2.26. The number of rotatable bonds is 0. The molecule has 0 spiro atoms. The van der Waals surface area contributed by atoms with Crippen molar-refractivity contribution in [1.29, 1.82) is 5.26 Å². The summed E-state index contributed by atoms with van der Waals surface area (Å²) in [5, 5.41) is 9.14. The van der Waals surface area contributed by atoms with E-state index in [-0.39, 0.29) is 11.2 Å². The highest BCUT2D eigenvalue weighted by molar-refractivity contribution is 5.85. The van der Waals surface area contributed by atoms with Crippen LogP contribution in [0.4, 0.5) is 13.2 Å². The number of hydrogen-bond donors (Lipinski definition) is 0. The lowest BCUT2D eigenvalue weighted by Crippen LogP contribution is -2.07. The number of pyridine rings is 1. The van der Waals surface area contributed by atoms with Crippen LogP contribution in [-0.4, -0.2) is 4.98 Å². The Morgan fingerprint density at radius 1 is 1.29 bits per heavy atom. The van der Waals surface area contributed by atoms with Crippen LogP contribution in [0.2, 0.25) is 0 Å². The Balaban J connectivity index is 2.89. The van der Waals surface area contributed by atoms with Gasteiger partial charge in [-0.3, -0.25) is 0 Å². The van der Waals surface area contributed by atoms with Gasteiger partial charge in [0.15, 0.2) is 0 Å². The van der Waals surface area contributed by atoms with E-state index in [4.69, 9.17) is 5.26 Å². The van der Waals surface area contributed by atoms with E-state index >= 15 is 0 Å². The molecule has 0 saturated heterocycles. The molecule has 2 rings (SSSR count). The second kappa shape index (κ2) is 3.74. The fourth-order valence-corrected chi connectivity index (χ4v) is 1.70. The summed E-state index contributed by atoms with van der Waals surface area (Å²) >= 11 is 0. The number of nitriles is 1. The molecule has 0 unspecified atom stereocenters. The van der Waals surface area contributed by atoms with Crippen LogP contribution in [0.3, 0.4) is 0 Å². The molecule has 0 amide bonds. The van der Waals surface area contributed by atoms with Crippen molar-refractivity contribution in [2.24, 2.45) is 0 Å². The zero-order valence-corrected chi connectivity index (χ0v) is 8.84. The smallest absolute Gasteiger partial charge is 0.236 e. The van der Waals surface area contributed by atoms with Crippen molar-refractivity contribution in [1.82, 2.24) is 4.98 Å². The molecule has 1 heterocycles. The van der Waals surface area contributed by atoms with Gasteiger partial charge in [0, 0.05) is 5.39 Å². The lowest BCUT2D eigenvalue weighted by atomic mass is 10.0. The van der Waals surface area contributed by atoms with Gasteiger partial charge < -0.3 is 0 Å². The van der Waals surface area contributed by atoms with E-state index in [0.717, 1.165) is 6.07 Å². The maximum absolute atomic E-state index is 12.8. The third-order valence-electron chi connectivity index (χ3n) is 2.47. The molecule has 0 aliphatic carbocycles. The van der Waals surface area contributed by atoms with Gasteiger partial charge in [0.05, 0.1) is 11.1 Å². The van der Waals surface area contributed by atoms with E-state index in [9.17, 15) is 13.2 Å². The number of para-hydroxylation sites is 1. The van der Waals surface area contributed by atoms with Crippen LogP contribution in [0, 0.1) is 18.3 Å². The standard InChI is InChI=1S/C12H7F3N2/c1-7-5-8(6-16)17-11-9(7)3-2-4-10(11)12(13,14)15/h2-5H,1H3. The molecule has 1 aromatic heterocycles. The minimum atomic E-state index is -4.47. The van der Waals surface area contributed by atoms with Crippen molar-refractivity contribution in [2.75, 3.05) is 0 Å². The number of aromatic nitrogens is 1. The van der Waals surface area contributed by atoms with Gasteiger partial charge in [-0.05, 0) is 24.6 Å². The van der Waals surface area contributed by atoms with E-state index in [2.05, 4.69) is 4.98 Å². The molecule has 5 heteroatoms. The van der Waals surface area contributed by atoms with Gasteiger partial charge in [-0.15, -0.1) is 0 Å². The number of alkyl halides is 3. The summed E-state index contributed by atoms with van der Waals surface area (Å²) in [6.45, 7) is 1.66. The maximum atomic E-state index is 12.8. The average molecular weight is 236 g/mol. The van der Waals surface area contributed by atoms with Crippen LogP contribution in [0.25, 0.3) is 10.9 Å². The first-order valence-corrected chi connectivity index (χ1v) is 4.81. The molecule has 1 aromatic carbocycles. The van der Waals surface area contributed by atoms with Crippen LogP contribution < -0.4 is 0 Å². The van der Waals surface area contributed by atoms with Crippen LogP contribution in [-0.2, 0) is 6.18 Å². The van der Waals surface area contributed by atoms with Crippen LogP contribution in [0.15, 0.2) is 24.3 Å². The fourth-order valence-electron chi connectivity index (χ4n) is 1.70. The van der Waals surface area contributed by atoms with Gasteiger partial charge in [0.2, 0.25) is 0 Å². The maximum Gasteiger partial charge on any atom is 0.418 e. The fraction of sp³-hybridized carbons (Fsp3) is 0.167. The molecule has 0 aliphatic rings. The lowest BCUT2D eigenvalue weighted by molar-refractivity contribution is -0.136. The van der Waals surface area contributed by atoms with Crippen LogP contribution in [0.5, 0.6) is 0 Å². The lowest BCUT2D eigenvalue weighted by Gasteiger charge is -2.10. The highest BCUT2D eigenvalue weighted by Crippen LogP contribution is 2.34. The second-order valence-electron chi connectivity index (χ2n) is 3.64. The minimum absolute atomic E-state index is 0.00769. The van der Waals surface area contributed by atoms with Gasteiger partial charge >= 0.3 is 6.18 Å². The SMILES string of the molecule is Cc1cc(C#N)nc2c(C(F)(F)F)cccc12. The van der Waals surface area contributed by atoms with Crippen LogP contribution >= 0.6 is 0 Å². The Labute approximate surface area is 95.3 Å². The van der Waals surface area contributed by atoms with Gasteiger partial charge in [-0.25, -0.2) is 4.98 Å². The molecule has 0 N–H and O–H groups in total. The van der Waals surface area contributed by atoms with Gasteiger partial charge in [0.25, 0.3) is 0 Å². The molecule has 0 bridgehead atoms. The highest BCUT2D eigenvalue weighted by Gasteiger charge is 2.33. The Hall–Kier alpha value is -2.09. The first-order valence-electron chi connectivity index (χ1n) is 4.81. The summed E-state index contributed by atoms with van der Waals surface area (Å²) in [7, 11) is 0. The highest BCUT2D eigenvalue weighted by atomic mass is 19.4. The number of fused-ring (bicyclic) bond motifs is 1. The van der Waals surface area contributed by atoms with Crippen LogP contribution in [0.1, 0.15) is 16.8 Å². The molecule has 0 aliphatic heterocycles. The molecule has 0 saturated carbocycles. The quantitative estimate of drug-likeness (QED) is 0.702. The van der Waals surface area contributed by atoms with E-state index in [1.807, 2.05) is 0 Å². The Kier molecular flexibility index (Phi) is 2.50. The zero-order chi connectivity index (χ0) is 12.6. The Morgan fingerprint density at radius 3 is 2.59 bits per heavy atom. The summed E-state index contributed by atoms with van der Waals surface area (Å²) in [4.78, 5) is 3.74. The molecular formula is C12H7F3N2. The zero-order valence-electron chi connectivity index (χ0n) is 8.84. The predicted octanol–water partition coefficient (Wildman–Crippen LogP) is 3.43. The molecule has 2 nitrogen and oxygen atoms in total. The van der Waals surface area contributed by atoms with E-state index in [1.165, 1.54) is 12.1 Å². The second-order valence-corrected chi connectivity index (χ2v) is 3.64. The van der Waals surface area contributed by atoms with Crippen molar-refractivity contribution >= 4 is 10.9 Å². The molecular weight excluding hydrogens is 229 g/mol. The van der Waals surface area contributed by atoms with Gasteiger partial charge in [-0.1, -0.05) is 12.1 Å². The first kappa shape index (κ1) is 11.4. The number of aryl methyl sites for hydroxylation is 1. The monoisotopic (exact) mass is 236 g/mol. The Bertz CT molecular complexity index is 624. The molecule has 17 heavy (non-hydrogen) atoms. The Morgan fingerprint density at radius 2 is 2.00 bits per heavy atom. The van der Waals surface area contributed by atoms with Crippen molar-refractivity contribution in [3.05, 3.63) is 41.1 Å². The molecule has 2 aromatic rings. The number of nitrogens with zero attached hydrogens (tertiary/aromatic N) is 2. The summed E-state index contributed by atoms with van der Waals surface area (Å²) in [5.74, 6) is 0. The molecule has 86 valence electrons. The summed E-state index contributed by atoms with van der Waals surface area (Å²) in [5.41, 5.74) is -0.379.